The molecule has 0 aliphatic carbocycles. The topological polar surface area (TPSA) is 12.9 Å². The van der Waals surface area contributed by atoms with Crippen LogP contribution in [-0.2, 0) is 0 Å². The van der Waals surface area contributed by atoms with Crippen molar-refractivity contribution in [3.05, 3.63) is 54.1 Å². The fourth-order valence-electron chi connectivity index (χ4n) is 1.66. The monoisotopic (exact) mass is 257 g/mol. The Morgan fingerprint density at radius 1 is 1.00 bits per heavy atom. The summed E-state index contributed by atoms with van der Waals surface area (Å²) in [5, 5.41) is 0. The first kappa shape index (κ1) is 10.8. The molecule has 0 N–H and O–H groups in total. The smallest absolute Gasteiger partial charge is 0.155 e. The molecule has 3 heteroatoms. The molecule has 3 aromatic rings. The second kappa shape index (κ2) is 4.51. The first-order chi connectivity index (χ1) is 8.33. The van der Waals surface area contributed by atoms with E-state index in [-0.39, 0.29) is 0 Å². The number of nitrogens with zero attached hydrogens (tertiary/aromatic N) is 1. The van der Waals surface area contributed by atoms with Gasteiger partial charge in [0, 0.05) is 4.90 Å². The van der Waals surface area contributed by atoms with Gasteiger partial charge >= 0.3 is 0 Å². The average molecular weight is 257 g/mol. The van der Waals surface area contributed by atoms with Crippen LogP contribution in [0.25, 0.3) is 10.2 Å². The van der Waals surface area contributed by atoms with Crippen LogP contribution in [0.15, 0.2) is 57.8 Å². The summed E-state index contributed by atoms with van der Waals surface area (Å²) in [6.45, 7) is 2.13. The summed E-state index contributed by atoms with van der Waals surface area (Å²) in [4.78, 5) is 5.91. The van der Waals surface area contributed by atoms with E-state index in [9.17, 15) is 0 Å². The van der Waals surface area contributed by atoms with Crippen LogP contribution in [0.5, 0.6) is 0 Å². The number of hydrogen-bond donors (Lipinski definition) is 0. The molecule has 0 fully saturated rings. The van der Waals surface area contributed by atoms with Gasteiger partial charge in [-0.3, -0.25) is 0 Å². The van der Waals surface area contributed by atoms with E-state index in [1.54, 1.807) is 23.1 Å². The fourth-order valence-corrected chi connectivity index (χ4v) is 3.77. The van der Waals surface area contributed by atoms with E-state index in [1.807, 2.05) is 6.07 Å². The molecule has 0 saturated carbocycles. The maximum Gasteiger partial charge on any atom is 0.155 e. The molecule has 1 nitrogen and oxygen atoms in total. The van der Waals surface area contributed by atoms with Gasteiger partial charge in [0.05, 0.1) is 10.2 Å². The second-order valence-electron chi connectivity index (χ2n) is 3.82. The van der Waals surface area contributed by atoms with Crippen molar-refractivity contribution in [2.24, 2.45) is 0 Å². The van der Waals surface area contributed by atoms with Crippen molar-refractivity contribution in [1.82, 2.24) is 4.98 Å². The van der Waals surface area contributed by atoms with Gasteiger partial charge in [0.15, 0.2) is 4.34 Å². The Hall–Kier alpha value is -1.32. The molecule has 0 saturated heterocycles. The van der Waals surface area contributed by atoms with Gasteiger partial charge in [-0.2, -0.15) is 0 Å². The Balaban J connectivity index is 1.98. The van der Waals surface area contributed by atoms with E-state index in [4.69, 9.17) is 0 Å². The van der Waals surface area contributed by atoms with Crippen molar-refractivity contribution >= 4 is 33.3 Å². The molecule has 0 aliphatic heterocycles. The molecule has 84 valence electrons. The first-order valence-corrected chi connectivity index (χ1v) is 7.05. The minimum Gasteiger partial charge on any atom is -0.229 e. The summed E-state index contributed by atoms with van der Waals surface area (Å²) in [6, 6.07) is 16.7. The van der Waals surface area contributed by atoms with Crippen LogP contribution in [0.4, 0.5) is 0 Å². The Morgan fingerprint density at radius 2 is 1.76 bits per heavy atom. The summed E-state index contributed by atoms with van der Waals surface area (Å²) in [6.07, 6.45) is 0. The van der Waals surface area contributed by atoms with Gasteiger partial charge in [-0.25, -0.2) is 4.98 Å². The standard InChI is InChI=1S/C14H11NS2/c1-10-6-2-4-8-12(10)16-14-15-11-7-3-5-9-13(11)17-14/h2-9H,1H3. The molecule has 3 rings (SSSR count). The number of benzene rings is 2. The third-order valence-electron chi connectivity index (χ3n) is 2.57. The molecule has 1 heterocycles. The van der Waals surface area contributed by atoms with Gasteiger partial charge in [0.1, 0.15) is 0 Å². The van der Waals surface area contributed by atoms with Crippen molar-refractivity contribution in [3.8, 4) is 0 Å². The lowest BCUT2D eigenvalue weighted by Gasteiger charge is -2.00. The highest BCUT2D eigenvalue weighted by atomic mass is 32.2. The van der Waals surface area contributed by atoms with Gasteiger partial charge in [0.2, 0.25) is 0 Å². The van der Waals surface area contributed by atoms with E-state index in [0.29, 0.717) is 0 Å². The molecular formula is C14H11NS2. The van der Waals surface area contributed by atoms with E-state index >= 15 is 0 Å². The van der Waals surface area contributed by atoms with Crippen molar-refractivity contribution in [2.75, 3.05) is 0 Å². The minimum absolute atomic E-state index is 1.09. The van der Waals surface area contributed by atoms with Crippen molar-refractivity contribution in [2.45, 2.75) is 16.2 Å². The van der Waals surface area contributed by atoms with Crippen LogP contribution in [0.3, 0.4) is 0 Å². The van der Waals surface area contributed by atoms with E-state index in [2.05, 4.69) is 54.4 Å². The first-order valence-electron chi connectivity index (χ1n) is 5.42. The summed E-state index contributed by atoms with van der Waals surface area (Å²) in [5.74, 6) is 0. The highest BCUT2D eigenvalue weighted by Crippen LogP contribution is 2.35. The average Bonchev–Trinajstić information content (AvgIpc) is 2.74. The van der Waals surface area contributed by atoms with Gasteiger partial charge in [-0.15, -0.1) is 11.3 Å². The Kier molecular flexibility index (Phi) is 2.87. The molecule has 0 aliphatic rings. The SMILES string of the molecule is Cc1ccccc1Sc1nc2ccccc2s1. The molecule has 0 spiro atoms. The highest BCUT2D eigenvalue weighted by molar-refractivity contribution is 8.01. The number of fused-ring (bicyclic) bond motifs is 1. The van der Waals surface area contributed by atoms with E-state index in [1.165, 1.54) is 15.2 Å². The van der Waals surface area contributed by atoms with Crippen LogP contribution < -0.4 is 0 Å². The van der Waals surface area contributed by atoms with Gasteiger partial charge in [0.25, 0.3) is 0 Å². The number of thiazole rings is 1. The van der Waals surface area contributed by atoms with Gasteiger partial charge < -0.3 is 0 Å². The number of hydrogen-bond acceptors (Lipinski definition) is 3. The maximum atomic E-state index is 4.63. The second-order valence-corrected chi connectivity index (χ2v) is 6.13. The lowest BCUT2D eigenvalue weighted by atomic mass is 10.2. The predicted octanol–water partition coefficient (Wildman–Crippen LogP) is 4.76. The van der Waals surface area contributed by atoms with Crippen LogP contribution in [-0.4, -0.2) is 4.98 Å². The zero-order valence-electron chi connectivity index (χ0n) is 9.38. The lowest BCUT2D eigenvalue weighted by Crippen LogP contribution is -1.77. The molecule has 0 atom stereocenters. The Labute approximate surface area is 109 Å². The zero-order valence-corrected chi connectivity index (χ0v) is 11.0. The number of aromatic nitrogens is 1. The van der Waals surface area contributed by atoms with Crippen molar-refractivity contribution in [1.29, 1.82) is 0 Å². The molecule has 0 unspecified atom stereocenters. The molecular weight excluding hydrogens is 246 g/mol. The highest BCUT2D eigenvalue weighted by Gasteiger charge is 2.06. The molecule has 0 bridgehead atoms. The third-order valence-corrected chi connectivity index (χ3v) is 4.84. The Bertz CT molecular complexity index is 625. The summed E-state index contributed by atoms with van der Waals surface area (Å²) in [7, 11) is 0. The minimum atomic E-state index is 1.09. The van der Waals surface area contributed by atoms with E-state index < -0.39 is 0 Å². The van der Waals surface area contributed by atoms with Crippen molar-refractivity contribution < 1.29 is 0 Å². The summed E-state index contributed by atoms with van der Waals surface area (Å²) in [5.41, 5.74) is 2.39. The van der Waals surface area contributed by atoms with Crippen molar-refractivity contribution in [3.63, 3.8) is 0 Å². The molecule has 0 radical (unpaired) electrons. The van der Waals surface area contributed by atoms with Gasteiger partial charge in [-0.1, -0.05) is 42.1 Å². The quantitative estimate of drug-likeness (QED) is 0.656. The predicted molar refractivity (Wildman–Crippen MR) is 74.9 cm³/mol. The largest absolute Gasteiger partial charge is 0.229 e. The number of aryl methyl sites for hydroxylation is 1. The summed E-state index contributed by atoms with van der Waals surface area (Å²) >= 11 is 3.50. The van der Waals surface area contributed by atoms with E-state index in [0.717, 1.165) is 9.86 Å². The van der Waals surface area contributed by atoms with Crippen LogP contribution in [0.2, 0.25) is 0 Å². The molecule has 17 heavy (non-hydrogen) atoms. The molecule has 2 aromatic carbocycles. The maximum absolute atomic E-state index is 4.63. The van der Waals surface area contributed by atoms with Gasteiger partial charge in [-0.05, 0) is 30.7 Å². The lowest BCUT2D eigenvalue weighted by molar-refractivity contribution is 1.26. The fraction of sp³-hybridized carbons (Fsp3) is 0.0714. The number of para-hydroxylation sites is 1. The van der Waals surface area contributed by atoms with Crippen LogP contribution in [0, 0.1) is 6.92 Å². The zero-order chi connectivity index (χ0) is 11.7. The Morgan fingerprint density at radius 3 is 2.59 bits per heavy atom. The molecule has 1 aromatic heterocycles. The normalized spacial score (nSPS) is 10.9. The van der Waals surface area contributed by atoms with Crippen LogP contribution >= 0.6 is 23.1 Å². The molecule has 0 amide bonds. The third kappa shape index (κ3) is 2.21. The summed E-state index contributed by atoms with van der Waals surface area (Å²) < 4.78 is 2.36. The van der Waals surface area contributed by atoms with Crippen LogP contribution in [0.1, 0.15) is 5.56 Å². The number of rotatable bonds is 2.